The number of nitrogens with zero attached hydrogens (tertiary/aromatic N) is 4. The second-order valence-corrected chi connectivity index (χ2v) is 4.37. The third kappa shape index (κ3) is 6.00. The van der Waals surface area contributed by atoms with E-state index in [9.17, 15) is 0 Å². The van der Waals surface area contributed by atoms with Gasteiger partial charge < -0.3 is 20.3 Å². The number of hydrogen-bond acceptors (Lipinski definition) is 7. The molecule has 0 amide bonds. The van der Waals surface area contributed by atoms with Crippen molar-refractivity contribution in [1.82, 2.24) is 20.0 Å². The Morgan fingerprint density at radius 3 is 2.81 bits per heavy atom. The Morgan fingerprint density at radius 1 is 1.52 bits per heavy atom. The maximum Gasteiger partial charge on any atom is 0.290 e. The number of carbonyl (C=O) groups is 1. The Morgan fingerprint density at radius 2 is 2.24 bits per heavy atom. The number of rotatable bonds is 5. The van der Waals surface area contributed by atoms with Crippen LogP contribution in [0.4, 0.5) is 5.82 Å². The van der Waals surface area contributed by atoms with E-state index in [4.69, 9.17) is 20.2 Å². The number of anilines is 1. The molecular weight excluding hydrogens is 274 g/mol. The van der Waals surface area contributed by atoms with Gasteiger partial charge in [0.15, 0.2) is 5.82 Å². The van der Waals surface area contributed by atoms with Crippen LogP contribution in [0.5, 0.6) is 0 Å². The van der Waals surface area contributed by atoms with Gasteiger partial charge in [-0.15, -0.1) is 0 Å². The average Bonchev–Trinajstić information content (AvgIpc) is 2.86. The number of nitrogens with two attached hydrogens (primary N) is 1. The predicted molar refractivity (Wildman–Crippen MR) is 76.4 cm³/mol. The molecule has 0 bridgehead atoms. The van der Waals surface area contributed by atoms with Gasteiger partial charge in [0.2, 0.25) is 5.89 Å². The minimum Gasteiger partial charge on any atom is -0.483 e. The highest BCUT2D eigenvalue weighted by Gasteiger charge is 2.07. The number of carboxylic acid groups (broad SMARTS) is 1. The van der Waals surface area contributed by atoms with E-state index in [0.29, 0.717) is 11.7 Å². The van der Waals surface area contributed by atoms with Crippen LogP contribution in [0.1, 0.15) is 17.3 Å². The molecule has 8 nitrogen and oxygen atoms in total. The van der Waals surface area contributed by atoms with E-state index in [1.165, 1.54) is 0 Å². The molecule has 21 heavy (non-hydrogen) atoms. The summed E-state index contributed by atoms with van der Waals surface area (Å²) in [6, 6.07) is 3.87. The van der Waals surface area contributed by atoms with Gasteiger partial charge in [-0.1, -0.05) is 11.2 Å². The van der Waals surface area contributed by atoms with E-state index >= 15 is 0 Å². The van der Waals surface area contributed by atoms with E-state index in [1.54, 1.807) is 13.1 Å². The SMILES string of the molecule is Cc1nc(CCN(C)Cc2cccnc2N)no1.O=CO. The molecule has 0 spiro atoms. The lowest BCUT2D eigenvalue weighted by Crippen LogP contribution is -2.22. The number of aromatic nitrogens is 3. The fraction of sp³-hybridized carbons (Fsp3) is 0.385. The molecule has 0 atom stereocenters. The molecule has 0 saturated heterocycles. The standard InChI is InChI=1S/C12H17N5O.CH2O2/c1-9-15-11(16-18-9)5-7-17(2)8-10-4-3-6-14-12(10)13;2-1-3/h3-4,6H,5,7-8H2,1-2H3,(H2,13,14);1H,(H,2,3). The van der Waals surface area contributed by atoms with Crippen LogP contribution in [-0.2, 0) is 17.8 Å². The first-order valence-corrected chi connectivity index (χ1v) is 6.31. The molecule has 2 aromatic rings. The van der Waals surface area contributed by atoms with Gasteiger partial charge in [0.1, 0.15) is 5.82 Å². The van der Waals surface area contributed by atoms with Crippen LogP contribution in [0, 0.1) is 6.92 Å². The molecule has 0 fully saturated rings. The van der Waals surface area contributed by atoms with Crippen LogP contribution in [0.15, 0.2) is 22.9 Å². The van der Waals surface area contributed by atoms with Crippen molar-refractivity contribution in [3.05, 3.63) is 35.6 Å². The van der Waals surface area contributed by atoms with Gasteiger partial charge in [-0.05, 0) is 13.1 Å². The Balaban J connectivity index is 0.000000677. The number of aryl methyl sites for hydroxylation is 1. The van der Waals surface area contributed by atoms with Crippen molar-refractivity contribution in [3.63, 3.8) is 0 Å². The molecule has 2 aromatic heterocycles. The lowest BCUT2D eigenvalue weighted by Gasteiger charge is -2.16. The van der Waals surface area contributed by atoms with Crippen molar-refractivity contribution in [2.45, 2.75) is 19.9 Å². The fourth-order valence-electron chi connectivity index (χ4n) is 1.69. The number of likely N-dealkylation sites (N-methyl/N-ethyl adjacent to an activating group) is 1. The van der Waals surface area contributed by atoms with Gasteiger partial charge in [-0.3, -0.25) is 4.79 Å². The van der Waals surface area contributed by atoms with Crippen LogP contribution < -0.4 is 5.73 Å². The highest BCUT2D eigenvalue weighted by molar-refractivity contribution is 5.38. The lowest BCUT2D eigenvalue weighted by atomic mass is 10.2. The molecule has 2 heterocycles. The summed E-state index contributed by atoms with van der Waals surface area (Å²) in [5, 5.41) is 10.8. The summed E-state index contributed by atoms with van der Waals surface area (Å²) in [5.74, 6) is 1.92. The van der Waals surface area contributed by atoms with Crippen molar-refractivity contribution < 1.29 is 14.4 Å². The third-order valence-corrected chi connectivity index (χ3v) is 2.65. The van der Waals surface area contributed by atoms with Crippen LogP contribution >= 0.6 is 0 Å². The summed E-state index contributed by atoms with van der Waals surface area (Å²) < 4.78 is 4.92. The summed E-state index contributed by atoms with van der Waals surface area (Å²) in [6.07, 6.45) is 2.45. The smallest absolute Gasteiger partial charge is 0.290 e. The number of hydrogen-bond donors (Lipinski definition) is 2. The highest BCUT2D eigenvalue weighted by Crippen LogP contribution is 2.09. The summed E-state index contributed by atoms with van der Waals surface area (Å²) in [7, 11) is 2.03. The van der Waals surface area contributed by atoms with Crippen LogP contribution in [0.3, 0.4) is 0 Å². The largest absolute Gasteiger partial charge is 0.483 e. The molecule has 0 aromatic carbocycles. The van der Waals surface area contributed by atoms with Crippen molar-refractivity contribution in [3.8, 4) is 0 Å². The Hall–Kier alpha value is -2.48. The van der Waals surface area contributed by atoms with Crippen molar-refractivity contribution in [1.29, 1.82) is 0 Å². The molecule has 0 aliphatic rings. The zero-order chi connectivity index (χ0) is 15.7. The van der Waals surface area contributed by atoms with Gasteiger partial charge >= 0.3 is 0 Å². The number of pyridine rings is 1. The zero-order valence-corrected chi connectivity index (χ0v) is 12.1. The van der Waals surface area contributed by atoms with Crippen molar-refractivity contribution >= 4 is 12.3 Å². The normalized spacial score (nSPS) is 10.0. The Bertz CT molecular complexity index is 558. The molecule has 2 rings (SSSR count). The minimum absolute atomic E-state index is 0.250. The van der Waals surface area contributed by atoms with Crippen molar-refractivity contribution in [2.24, 2.45) is 0 Å². The van der Waals surface area contributed by atoms with E-state index < -0.39 is 0 Å². The monoisotopic (exact) mass is 293 g/mol. The fourth-order valence-corrected chi connectivity index (χ4v) is 1.69. The Kier molecular flexibility index (Phi) is 6.82. The molecule has 0 saturated carbocycles. The first-order chi connectivity index (χ1) is 10.1. The lowest BCUT2D eigenvalue weighted by molar-refractivity contribution is -0.122. The first kappa shape index (κ1) is 16.6. The van der Waals surface area contributed by atoms with Crippen LogP contribution in [-0.4, -0.2) is 45.2 Å². The van der Waals surface area contributed by atoms with E-state index in [2.05, 4.69) is 20.0 Å². The molecule has 0 radical (unpaired) electrons. The predicted octanol–water partition coefficient (Wildman–Crippen LogP) is 0.731. The summed E-state index contributed by atoms with van der Waals surface area (Å²) in [4.78, 5) is 18.7. The second-order valence-electron chi connectivity index (χ2n) is 4.37. The molecular formula is C13H19N5O3. The van der Waals surface area contributed by atoms with E-state index in [0.717, 1.165) is 30.9 Å². The van der Waals surface area contributed by atoms with Crippen molar-refractivity contribution in [2.75, 3.05) is 19.3 Å². The Labute approximate surface area is 122 Å². The van der Waals surface area contributed by atoms with Crippen LogP contribution in [0.25, 0.3) is 0 Å². The third-order valence-electron chi connectivity index (χ3n) is 2.65. The van der Waals surface area contributed by atoms with Gasteiger partial charge in [0.05, 0.1) is 0 Å². The van der Waals surface area contributed by atoms with E-state index in [1.807, 2.05) is 19.2 Å². The van der Waals surface area contributed by atoms with Gasteiger partial charge in [0, 0.05) is 38.2 Å². The maximum absolute atomic E-state index is 8.36. The topological polar surface area (TPSA) is 118 Å². The van der Waals surface area contributed by atoms with Gasteiger partial charge in [-0.25, -0.2) is 4.98 Å². The van der Waals surface area contributed by atoms with E-state index in [-0.39, 0.29) is 6.47 Å². The quantitative estimate of drug-likeness (QED) is 0.774. The maximum atomic E-state index is 8.36. The first-order valence-electron chi connectivity index (χ1n) is 6.31. The number of nitrogen functional groups attached to an aromatic ring is 1. The average molecular weight is 293 g/mol. The minimum atomic E-state index is -0.250. The van der Waals surface area contributed by atoms with Crippen LogP contribution in [0.2, 0.25) is 0 Å². The zero-order valence-electron chi connectivity index (χ0n) is 12.1. The summed E-state index contributed by atoms with van der Waals surface area (Å²) in [5.41, 5.74) is 6.83. The van der Waals surface area contributed by atoms with Gasteiger partial charge in [0.25, 0.3) is 6.47 Å². The summed E-state index contributed by atoms with van der Waals surface area (Å²) in [6.45, 7) is 3.14. The highest BCUT2D eigenvalue weighted by atomic mass is 16.5. The molecule has 8 heteroatoms. The molecule has 0 aliphatic heterocycles. The molecule has 3 N–H and O–H groups in total. The summed E-state index contributed by atoms with van der Waals surface area (Å²) >= 11 is 0. The molecule has 114 valence electrons. The molecule has 0 unspecified atom stereocenters. The second kappa shape index (κ2) is 8.64. The molecule has 0 aliphatic carbocycles. The van der Waals surface area contributed by atoms with Gasteiger partial charge in [-0.2, -0.15) is 4.98 Å².